The maximum Gasteiger partial charge on any atom is 0.216 e. The number of benzene rings is 1. The van der Waals surface area contributed by atoms with E-state index in [1.54, 1.807) is 0 Å². The number of nitrogens with one attached hydrogen (secondary N) is 3. The van der Waals surface area contributed by atoms with Crippen LogP contribution in [0.2, 0.25) is 0 Å². The molecule has 4 aliphatic rings. The lowest BCUT2D eigenvalue weighted by atomic mass is 9.81. The van der Waals surface area contributed by atoms with Gasteiger partial charge in [-0.1, -0.05) is 45.4 Å². The van der Waals surface area contributed by atoms with Gasteiger partial charge in [0.2, 0.25) is 10.0 Å². The van der Waals surface area contributed by atoms with Crippen LogP contribution in [0, 0.1) is 25.2 Å². The topological polar surface area (TPSA) is 103 Å². The Hall–Kier alpha value is -1.07. The van der Waals surface area contributed by atoms with E-state index in [4.69, 9.17) is 4.74 Å². The minimum absolute atomic E-state index is 0.0340. The Bertz CT molecular complexity index is 1080. The highest BCUT2D eigenvalue weighted by Gasteiger charge is 2.42. The first-order valence-corrected chi connectivity index (χ1v) is 16.6. The van der Waals surface area contributed by atoms with Crippen LogP contribution in [-0.2, 0) is 14.8 Å². The fourth-order valence-corrected chi connectivity index (χ4v) is 9.09. The zero-order chi connectivity index (χ0) is 27.9. The van der Waals surface area contributed by atoms with Crippen LogP contribution in [0.15, 0.2) is 18.2 Å². The van der Waals surface area contributed by atoms with Gasteiger partial charge >= 0.3 is 0 Å². The smallest absolute Gasteiger partial charge is 0.216 e. The van der Waals surface area contributed by atoms with E-state index in [1.165, 1.54) is 16.7 Å². The van der Waals surface area contributed by atoms with Crippen molar-refractivity contribution in [1.29, 1.82) is 0 Å². The molecule has 0 spiro atoms. The van der Waals surface area contributed by atoms with Gasteiger partial charge in [-0.3, -0.25) is 15.5 Å². The number of ether oxygens (including phenoxy) is 1. The van der Waals surface area contributed by atoms with Crippen molar-refractivity contribution in [1.82, 2.24) is 20.3 Å². The molecular weight excluding hydrogens is 512 g/mol. The van der Waals surface area contributed by atoms with Crippen molar-refractivity contribution >= 4 is 10.0 Å². The van der Waals surface area contributed by atoms with Crippen LogP contribution in [0.5, 0.6) is 0 Å². The zero-order valence-electron chi connectivity index (χ0n) is 24.4. The fraction of sp³-hybridized carbons (Fsp3) is 0.800. The Morgan fingerprint density at radius 1 is 1.05 bits per heavy atom. The van der Waals surface area contributed by atoms with E-state index >= 15 is 0 Å². The van der Waals surface area contributed by atoms with Crippen LogP contribution in [-0.4, -0.2) is 67.5 Å². The van der Waals surface area contributed by atoms with Crippen LogP contribution in [0.4, 0.5) is 0 Å². The Labute approximate surface area is 235 Å². The molecule has 2 aliphatic carbocycles. The van der Waals surface area contributed by atoms with Crippen molar-refractivity contribution in [2.75, 3.05) is 13.2 Å². The van der Waals surface area contributed by atoms with Gasteiger partial charge in [0.1, 0.15) is 12.5 Å². The monoisotopic (exact) mass is 562 g/mol. The molecule has 4 N–H and O–H groups in total. The fourth-order valence-electron chi connectivity index (χ4n) is 7.43. The lowest BCUT2D eigenvalue weighted by Gasteiger charge is -2.48. The summed E-state index contributed by atoms with van der Waals surface area (Å²) >= 11 is 0. The Balaban J connectivity index is 1.48. The van der Waals surface area contributed by atoms with Gasteiger partial charge in [0.05, 0.1) is 18.0 Å². The molecule has 9 heteroatoms. The molecule has 0 amide bonds. The highest BCUT2D eigenvalue weighted by atomic mass is 32.2. The normalized spacial score (nSPS) is 38.1. The number of aliphatic hydroxyl groups is 1. The van der Waals surface area contributed by atoms with Gasteiger partial charge in [-0.25, -0.2) is 8.42 Å². The van der Waals surface area contributed by atoms with Crippen molar-refractivity contribution in [3.05, 3.63) is 34.9 Å². The van der Waals surface area contributed by atoms with Gasteiger partial charge in [0.25, 0.3) is 0 Å². The van der Waals surface area contributed by atoms with Crippen LogP contribution >= 0.6 is 0 Å². The summed E-state index contributed by atoms with van der Waals surface area (Å²) in [5.41, 5.74) is 3.73. The van der Waals surface area contributed by atoms with E-state index in [-0.39, 0.29) is 29.8 Å². The molecule has 0 radical (unpaired) electrons. The molecule has 2 saturated heterocycles. The second-order valence-electron chi connectivity index (χ2n) is 13.9. The van der Waals surface area contributed by atoms with E-state index in [0.717, 1.165) is 38.6 Å². The van der Waals surface area contributed by atoms with E-state index in [1.807, 2.05) is 0 Å². The predicted molar refractivity (Wildman–Crippen MR) is 154 cm³/mol. The molecule has 1 aromatic rings. The molecule has 0 aromatic heterocycles. The van der Waals surface area contributed by atoms with Gasteiger partial charge in [-0.2, -0.15) is 4.72 Å². The number of fused-ring (bicyclic) bond motifs is 4. The highest BCUT2D eigenvalue weighted by Crippen LogP contribution is 2.37. The average Bonchev–Trinajstić information content (AvgIpc) is 2.82. The van der Waals surface area contributed by atoms with Crippen LogP contribution in [0.1, 0.15) is 94.9 Å². The Morgan fingerprint density at radius 3 is 2.44 bits per heavy atom. The summed E-state index contributed by atoms with van der Waals surface area (Å²) in [5.74, 6) is 0.323. The summed E-state index contributed by atoms with van der Waals surface area (Å²) in [5, 5.41) is 16.8. The van der Waals surface area contributed by atoms with Gasteiger partial charge in [-0.15, -0.1) is 0 Å². The quantitative estimate of drug-likeness (QED) is 0.446. The van der Waals surface area contributed by atoms with Gasteiger partial charge < -0.3 is 9.84 Å². The van der Waals surface area contributed by atoms with Crippen LogP contribution in [0.25, 0.3) is 0 Å². The minimum atomic E-state index is -3.54. The SMILES string of the molecule is Cc1cccc(C)c1C1CC2NC(N1)NS(=O)(=O)C1CCCC(C1)CN(C1CC(O)C1)[C@H](CC(C)(C)C)CO2. The first-order chi connectivity index (χ1) is 18.4. The minimum Gasteiger partial charge on any atom is -0.393 e. The van der Waals surface area contributed by atoms with E-state index in [9.17, 15) is 13.5 Å². The number of hydrogen-bond acceptors (Lipinski definition) is 7. The number of aliphatic hydroxyl groups excluding tert-OH is 1. The van der Waals surface area contributed by atoms with Crippen molar-refractivity contribution in [3.8, 4) is 0 Å². The van der Waals surface area contributed by atoms with Gasteiger partial charge in [-0.05, 0) is 80.4 Å². The van der Waals surface area contributed by atoms with Crippen molar-refractivity contribution in [2.45, 2.75) is 128 Å². The first-order valence-electron chi connectivity index (χ1n) is 15.0. The number of hydrogen-bond donors (Lipinski definition) is 4. The van der Waals surface area contributed by atoms with Crippen LogP contribution < -0.4 is 15.4 Å². The lowest BCUT2D eigenvalue weighted by molar-refractivity contribution is -0.0816. The summed E-state index contributed by atoms with van der Waals surface area (Å²) in [6, 6.07) is 6.82. The predicted octanol–water partition coefficient (Wildman–Crippen LogP) is 3.68. The first kappa shape index (κ1) is 29.4. The Morgan fingerprint density at radius 2 is 1.77 bits per heavy atom. The zero-order valence-corrected chi connectivity index (χ0v) is 25.3. The number of aryl methyl sites for hydroxylation is 2. The molecule has 4 bridgehead atoms. The summed E-state index contributed by atoms with van der Waals surface area (Å²) in [6.07, 6.45) is 5.52. The third-order valence-corrected chi connectivity index (χ3v) is 11.2. The van der Waals surface area contributed by atoms with Crippen LogP contribution in [0.3, 0.4) is 0 Å². The standard InChI is InChI=1S/C30H50N4O4S/c1-19-8-6-9-20(2)28(19)26-15-27-32-29(31-26)33-39(36,37)25-11-7-10-21(12-25)17-34(22-13-24(35)14-22)23(18-38-27)16-30(3,4)5/h6,8-9,21-27,29,31-33,35H,7,10-18H2,1-5H3/t21?,22?,23-,24?,25?,26?,27?,29?/m1/s1. The Kier molecular flexibility index (Phi) is 8.80. The molecule has 2 saturated carbocycles. The second kappa shape index (κ2) is 11.7. The largest absolute Gasteiger partial charge is 0.393 e. The molecule has 4 fully saturated rings. The van der Waals surface area contributed by atoms with E-state index in [0.29, 0.717) is 37.8 Å². The molecule has 220 valence electrons. The molecule has 8 nitrogen and oxygen atoms in total. The second-order valence-corrected chi connectivity index (χ2v) is 15.9. The highest BCUT2D eigenvalue weighted by molar-refractivity contribution is 7.90. The maximum atomic E-state index is 13.7. The number of sulfonamides is 1. The molecule has 6 atom stereocenters. The number of nitrogens with zero attached hydrogens (tertiary/aromatic N) is 1. The van der Waals surface area contributed by atoms with Gasteiger partial charge in [0, 0.05) is 31.1 Å². The number of rotatable bonds is 3. The molecule has 1 aromatic carbocycles. The summed E-state index contributed by atoms with van der Waals surface area (Å²) in [7, 11) is -3.54. The maximum absolute atomic E-state index is 13.7. The molecule has 39 heavy (non-hydrogen) atoms. The summed E-state index contributed by atoms with van der Waals surface area (Å²) in [4.78, 5) is 2.59. The van der Waals surface area contributed by atoms with E-state index < -0.39 is 21.6 Å². The average molecular weight is 563 g/mol. The summed E-state index contributed by atoms with van der Waals surface area (Å²) < 4.78 is 37.1. The summed E-state index contributed by atoms with van der Waals surface area (Å²) in [6.45, 7) is 12.5. The van der Waals surface area contributed by atoms with Crippen molar-refractivity contribution in [2.24, 2.45) is 11.3 Å². The molecule has 2 heterocycles. The molecule has 5 unspecified atom stereocenters. The van der Waals surface area contributed by atoms with Crippen molar-refractivity contribution < 1.29 is 18.3 Å². The van der Waals surface area contributed by atoms with Crippen molar-refractivity contribution in [3.63, 3.8) is 0 Å². The third kappa shape index (κ3) is 7.05. The van der Waals surface area contributed by atoms with E-state index in [2.05, 4.69) is 73.1 Å². The lowest BCUT2D eigenvalue weighted by Crippen LogP contribution is -2.64. The molecular formula is C30H50N4O4S. The molecule has 2 aliphatic heterocycles. The third-order valence-electron chi connectivity index (χ3n) is 9.35. The van der Waals surface area contributed by atoms with Gasteiger partial charge in [0.15, 0.2) is 0 Å². The molecule has 5 rings (SSSR count).